The maximum Gasteiger partial charge on any atom is 0.321 e. The highest BCUT2D eigenvalue weighted by molar-refractivity contribution is 5.89. The molecular formula is C18H17N3O3. The number of amides is 2. The van der Waals surface area contributed by atoms with Crippen LogP contribution in [0.25, 0.3) is 0 Å². The molecule has 0 bridgehead atoms. The number of para-hydroxylation sites is 1. The number of anilines is 1. The fraction of sp³-hybridized carbons (Fsp3) is 0.222. The summed E-state index contributed by atoms with van der Waals surface area (Å²) in [5, 5.41) is 11.9. The minimum Gasteiger partial charge on any atom is -0.456 e. The molecule has 2 aromatic carbocycles. The van der Waals surface area contributed by atoms with Gasteiger partial charge in [0, 0.05) is 18.8 Å². The Morgan fingerprint density at radius 2 is 1.83 bits per heavy atom. The Hall–Kier alpha value is -3.04. The van der Waals surface area contributed by atoms with Crippen molar-refractivity contribution in [3.8, 4) is 17.6 Å². The van der Waals surface area contributed by atoms with E-state index in [0.29, 0.717) is 49.1 Å². The molecule has 0 atom stereocenters. The molecule has 2 aromatic rings. The number of carbonyl (C=O) groups is 1. The Morgan fingerprint density at radius 3 is 2.54 bits per heavy atom. The summed E-state index contributed by atoms with van der Waals surface area (Å²) in [5.41, 5.74) is 1.16. The molecule has 0 saturated carbocycles. The molecule has 24 heavy (non-hydrogen) atoms. The second kappa shape index (κ2) is 7.49. The molecule has 0 unspecified atom stereocenters. The molecule has 2 amide bonds. The van der Waals surface area contributed by atoms with Gasteiger partial charge in [-0.15, -0.1) is 0 Å². The van der Waals surface area contributed by atoms with E-state index >= 15 is 0 Å². The number of nitrogens with one attached hydrogen (secondary N) is 1. The van der Waals surface area contributed by atoms with Crippen LogP contribution in [-0.2, 0) is 4.74 Å². The monoisotopic (exact) mass is 323 g/mol. The molecule has 122 valence electrons. The molecule has 1 N–H and O–H groups in total. The maximum atomic E-state index is 12.1. The van der Waals surface area contributed by atoms with Crippen molar-refractivity contribution in [3.05, 3.63) is 54.1 Å². The van der Waals surface area contributed by atoms with Crippen molar-refractivity contribution in [1.82, 2.24) is 4.90 Å². The van der Waals surface area contributed by atoms with Crippen LogP contribution in [0.15, 0.2) is 48.5 Å². The van der Waals surface area contributed by atoms with Gasteiger partial charge in [0.15, 0.2) is 0 Å². The summed E-state index contributed by atoms with van der Waals surface area (Å²) in [5.74, 6) is 1.10. The summed E-state index contributed by atoms with van der Waals surface area (Å²) in [6, 6.07) is 16.0. The standard InChI is InChI=1S/C18H17N3O3/c19-13-14-3-1-2-4-17(14)24-16-7-5-15(6-8-16)20-18(22)21-9-11-23-12-10-21/h1-8H,9-12H2,(H,20,22). The lowest BCUT2D eigenvalue weighted by atomic mass is 10.2. The molecule has 0 spiro atoms. The van der Waals surface area contributed by atoms with Crippen LogP contribution in [0.1, 0.15) is 5.56 Å². The van der Waals surface area contributed by atoms with Crippen molar-refractivity contribution in [1.29, 1.82) is 5.26 Å². The second-order valence-electron chi connectivity index (χ2n) is 5.26. The van der Waals surface area contributed by atoms with Crippen LogP contribution in [0.3, 0.4) is 0 Å². The zero-order chi connectivity index (χ0) is 16.8. The summed E-state index contributed by atoms with van der Waals surface area (Å²) in [6.45, 7) is 2.33. The van der Waals surface area contributed by atoms with Gasteiger partial charge in [0.1, 0.15) is 17.6 Å². The molecule has 6 heteroatoms. The molecule has 6 nitrogen and oxygen atoms in total. The van der Waals surface area contributed by atoms with E-state index in [1.165, 1.54) is 0 Å². The first-order chi connectivity index (χ1) is 11.8. The van der Waals surface area contributed by atoms with Crippen LogP contribution >= 0.6 is 0 Å². The van der Waals surface area contributed by atoms with Crippen molar-refractivity contribution in [2.45, 2.75) is 0 Å². The fourth-order valence-electron chi connectivity index (χ4n) is 2.35. The van der Waals surface area contributed by atoms with E-state index in [2.05, 4.69) is 11.4 Å². The van der Waals surface area contributed by atoms with Crippen LogP contribution in [-0.4, -0.2) is 37.2 Å². The van der Waals surface area contributed by atoms with Crippen molar-refractivity contribution >= 4 is 11.7 Å². The van der Waals surface area contributed by atoms with Gasteiger partial charge in [-0.3, -0.25) is 0 Å². The van der Waals surface area contributed by atoms with E-state index in [4.69, 9.17) is 14.7 Å². The van der Waals surface area contributed by atoms with Crippen LogP contribution < -0.4 is 10.1 Å². The molecule has 1 saturated heterocycles. The number of hydrogen-bond donors (Lipinski definition) is 1. The molecule has 1 fully saturated rings. The summed E-state index contributed by atoms with van der Waals surface area (Å²) in [4.78, 5) is 13.8. The van der Waals surface area contributed by atoms with E-state index in [1.807, 2.05) is 6.07 Å². The number of hydrogen-bond acceptors (Lipinski definition) is 4. The minimum atomic E-state index is -0.137. The first-order valence-electron chi connectivity index (χ1n) is 7.67. The lowest BCUT2D eigenvalue weighted by Gasteiger charge is -2.26. The highest BCUT2D eigenvalue weighted by Crippen LogP contribution is 2.25. The predicted octanol–water partition coefficient (Wildman–Crippen LogP) is 3.21. The molecular weight excluding hydrogens is 306 g/mol. The third kappa shape index (κ3) is 3.83. The largest absolute Gasteiger partial charge is 0.456 e. The van der Waals surface area contributed by atoms with Gasteiger partial charge < -0.3 is 19.7 Å². The zero-order valence-electron chi connectivity index (χ0n) is 13.1. The summed E-state index contributed by atoms with van der Waals surface area (Å²) in [7, 11) is 0. The maximum absolute atomic E-state index is 12.1. The Bertz CT molecular complexity index is 747. The van der Waals surface area contributed by atoms with E-state index < -0.39 is 0 Å². The number of morpholine rings is 1. The molecule has 0 aromatic heterocycles. The van der Waals surface area contributed by atoms with E-state index in [-0.39, 0.29) is 6.03 Å². The predicted molar refractivity (Wildman–Crippen MR) is 89.1 cm³/mol. The Balaban J connectivity index is 1.63. The Labute approximate surface area is 140 Å². The van der Waals surface area contributed by atoms with E-state index in [1.54, 1.807) is 47.4 Å². The van der Waals surface area contributed by atoms with Gasteiger partial charge in [-0.2, -0.15) is 5.26 Å². The van der Waals surface area contributed by atoms with Crippen molar-refractivity contribution in [3.63, 3.8) is 0 Å². The van der Waals surface area contributed by atoms with Gasteiger partial charge in [0.05, 0.1) is 18.8 Å². The van der Waals surface area contributed by atoms with Gasteiger partial charge >= 0.3 is 6.03 Å². The number of nitrogens with zero attached hydrogens (tertiary/aromatic N) is 2. The fourth-order valence-corrected chi connectivity index (χ4v) is 2.35. The quantitative estimate of drug-likeness (QED) is 0.941. The van der Waals surface area contributed by atoms with Crippen molar-refractivity contribution in [2.24, 2.45) is 0 Å². The number of rotatable bonds is 3. The summed E-state index contributed by atoms with van der Waals surface area (Å²) >= 11 is 0. The highest BCUT2D eigenvalue weighted by atomic mass is 16.5. The van der Waals surface area contributed by atoms with Gasteiger partial charge in [-0.25, -0.2) is 4.79 Å². The van der Waals surface area contributed by atoms with Crippen LogP contribution in [0.2, 0.25) is 0 Å². The van der Waals surface area contributed by atoms with Crippen molar-refractivity contribution < 1.29 is 14.3 Å². The van der Waals surface area contributed by atoms with Crippen molar-refractivity contribution in [2.75, 3.05) is 31.6 Å². The van der Waals surface area contributed by atoms with Gasteiger partial charge in [0.2, 0.25) is 0 Å². The molecule has 1 heterocycles. The second-order valence-corrected chi connectivity index (χ2v) is 5.26. The molecule has 0 aliphatic carbocycles. The van der Waals surface area contributed by atoms with Gasteiger partial charge in [0.25, 0.3) is 0 Å². The van der Waals surface area contributed by atoms with Gasteiger partial charge in [-0.05, 0) is 36.4 Å². The number of benzene rings is 2. The molecule has 1 aliphatic rings. The molecule has 1 aliphatic heterocycles. The first-order valence-corrected chi connectivity index (χ1v) is 7.67. The van der Waals surface area contributed by atoms with Gasteiger partial charge in [-0.1, -0.05) is 12.1 Å². The highest BCUT2D eigenvalue weighted by Gasteiger charge is 2.16. The number of urea groups is 1. The molecule has 3 rings (SSSR count). The third-order valence-electron chi connectivity index (χ3n) is 3.64. The average Bonchev–Trinajstić information content (AvgIpc) is 2.64. The lowest BCUT2D eigenvalue weighted by molar-refractivity contribution is 0.0564. The number of nitriles is 1. The first kappa shape index (κ1) is 15.8. The SMILES string of the molecule is N#Cc1ccccc1Oc1ccc(NC(=O)N2CCOCC2)cc1. The third-order valence-corrected chi connectivity index (χ3v) is 3.64. The Morgan fingerprint density at radius 1 is 1.12 bits per heavy atom. The smallest absolute Gasteiger partial charge is 0.321 e. The lowest BCUT2D eigenvalue weighted by Crippen LogP contribution is -2.43. The average molecular weight is 323 g/mol. The summed E-state index contributed by atoms with van der Waals surface area (Å²) < 4.78 is 10.9. The normalized spacial score (nSPS) is 13.9. The number of ether oxygens (including phenoxy) is 2. The number of carbonyl (C=O) groups excluding carboxylic acids is 1. The van der Waals surface area contributed by atoms with Crippen LogP contribution in [0.4, 0.5) is 10.5 Å². The van der Waals surface area contributed by atoms with Crippen LogP contribution in [0.5, 0.6) is 11.5 Å². The van der Waals surface area contributed by atoms with E-state index in [0.717, 1.165) is 0 Å². The summed E-state index contributed by atoms with van der Waals surface area (Å²) in [6.07, 6.45) is 0. The topological polar surface area (TPSA) is 74.6 Å². The van der Waals surface area contributed by atoms with Crippen LogP contribution in [0, 0.1) is 11.3 Å². The van der Waals surface area contributed by atoms with E-state index in [9.17, 15) is 4.79 Å². The zero-order valence-corrected chi connectivity index (χ0v) is 13.1. The molecule has 0 radical (unpaired) electrons. The minimum absolute atomic E-state index is 0.137. The Kier molecular flexibility index (Phi) is 4.94.